The van der Waals surface area contributed by atoms with E-state index < -0.39 is 0 Å². The number of amides is 1. The topological polar surface area (TPSA) is 64.4 Å². The average Bonchev–Trinajstić information content (AvgIpc) is 2.92. The lowest BCUT2D eigenvalue weighted by Gasteiger charge is -2.19. The molecule has 1 aromatic carbocycles. The van der Waals surface area contributed by atoms with E-state index in [1.54, 1.807) is 30.4 Å². The number of carbonyl (C=O) groups is 1. The molecule has 0 aliphatic heterocycles. The van der Waals surface area contributed by atoms with Crippen LogP contribution in [0.4, 0.5) is 0 Å². The first-order chi connectivity index (χ1) is 14.1. The first kappa shape index (κ1) is 19.6. The lowest BCUT2D eigenvalue weighted by atomic mass is 10.1. The molecule has 3 aromatic rings. The van der Waals surface area contributed by atoms with E-state index in [0.717, 1.165) is 46.4 Å². The average molecular weight is 412 g/mol. The molecule has 0 saturated heterocycles. The summed E-state index contributed by atoms with van der Waals surface area (Å²) in [5.41, 5.74) is 1.98. The summed E-state index contributed by atoms with van der Waals surface area (Å²) in [6.07, 6.45) is 6.93. The minimum atomic E-state index is -0.138. The molecule has 0 radical (unpaired) electrons. The summed E-state index contributed by atoms with van der Waals surface area (Å²) in [6, 6.07) is 7.62. The van der Waals surface area contributed by atoms with Crippen LogP contribution in [0.25, 0.3) is 10.2 Å². The van der Waals surface area contributed by atoms with E-state index in [1.165, 1.54) is 28.6 Å². The van der Waals surface area contributed by atoms with Gasteiger partial charge in [-0.1, -0.05) is 24.6 Å². The number of thiophene rings is 1. The molecule has 6 nitrogen and oxygen atoms in total. The van der Waals surface area contributed by atoms with E-state index in [2.05, 4.69) is 4.98 Å². The zero-order valence-electron chi connectivity index (χ0n) is 16.8. The van der Waals surface area contributed by atoms with Crippen molar-refractivity contribution in [1.82, 2.24) is 14.5 Å². The van der Waals surface area contributed by atoms with Crippen LogP contribution in [0.2, 0.25) is 0 Å². The number of carbonyl (C=O) groups excluding carboxylic acids is 1. The quantitative estimate of drug-likeness (QED) is 0.604. The molecule has 0 fully saturated rings. The van der Waals surface area contributed by atoms with Crippen molar-refractivity contribution in [3.63, 3.8) is 0 Å². The maximum Gasteiger partial charge on any atom is 0.262 e. The number of hydrogen-bond donors (Lipinski definition) is 0. The molecule has 2 heterocycles. The van der Waals surface area contributed by atoms with Gasteiger partial charge in [-0.15, -0.1) is 11.3 Å². The number of likely N-dealkylation sites (N-methyl/N-ethyl adjacent to an activating group) is 1. The van der Waals surface area contributed by atoms with Gasteiger partial charge in [0, 0.05) is 24.0 Å². The first-order valence-corrected chi connectivity index (χ1v) is 10.8. The number of nitrogens with zero attached hydrogens (tertiary/aromatic N) is 3. The van der Waals surface area contributed by atoms with E-state index in [-0.39, 0.29) is 18.0 Å². The molecular weight excluding hydrogens is 386 g/mol. The van der Waals surface area contributed by atoms with Crippen LogP contribution in [-0.2, 0) is 30.7 Å². The van der Waals surface area contributed by atoms with Gasteiger partial charge < -0.3 is 9.64 Å². The van der Waals surface area contributed by atoms with Crippen molar-refractivity contribution >= 4 is 27.5 Å². The number of methoxy groups -OCH3 is 1. The predicted molar refractivity (Wildman–Crippen MR) is 115 cm³/mol. The van der Waals surface area contributed by atoms with Crippen LogP contribution in [0.15, 0.2) is 35.4 Å². The zero-order valence-corrected chi connectivity index (χ0v) is 17.6. The van der Waals surface area contributed by atoms with Gasteiger partial charge in [0.05, 0.1) is 18.8 Å². The molecule has 1 aliphatic rings. The largest absolute Gasteiger partial charge is 0.496 e. The molecule has 2 aromatic heterocycles. The molecule has 29 heavy (non-hydrogen) atoms. The van der Waals surface area contributed by atoms with Gasteiger partial charge >= 0.3 is 0 Å². The minimum absolute atomic E-state index is 0.0158. The molecule has 0 unspecified atom stereocenters. The van der Waals surface area contributed by atoms with Crippen molar-refractivity contribution in [2.75, 3.05) is 14.2 Å². The summed E-state index contributed by atoms with van der Waals surface area (Å²) in [4.78, 5) is 34.1. The highest BCUT2D eigenvalue weighted by Gasteiger charge is 2.20. The van der Waals surface area contributed by atoms with Crippen molar-refractivity contribution in [2.24, 2.45) is 0 Å². The Morgan fingerprint density at radius 2 is 2.03 bits per heavy atom. The molecule has 0 atom stereocenters. The number of benzene rings is 1. The fraction of sp³-hybridized carbons (Fsp3) is 0.409. The summed E-state index contributed by atoms with van der Waals surface area (Å²) in [6.45, 7) is 0.402. The second-order valence-corrected chi connectivity index (χ2v) is 8.57. The molecule has 0 N–H and O–H groups in total. The smallest absolute Gasteiger partial charge is 0.262 e. The Morgan fingerprint density at radius 3 is 2.86 bits per heavy atom. The maximum absolute atomic E-state index is 13.1. The Bertz CT molecular complexity index is 1100. The third-order valence-corrected chi connectivity index (χ3v) is 6.72. The lowest BCUT2D eigenvalue weighted by molar-refractivity contribution is -0.131. The highest BCUT2D eigenvalue weighted by molar-refractivity contribution is 7.18. The van der Waals surface area contributed by atoms with Gasteiger partial charge in [0.2, 0.25) is 5.91 Å². The molecule has 1 aliphatic carbocycles. The second kappa shape index (κ2) is 8.37. The van der Waals surface area contributed by atoms with Gasteiger partial charge in [0.25, 0.3) is 5.56 Å². The van der Waals surface area contributed by atoms with Gasteiger partial charge in [0.1, 0.15) is 17.1 Å². The van der Waals surface area contributed by atoms with Crippen molar-refractivity contribution in [2.45, 2.75) is 45.2 Å². The number of aryl methyl sites for hydroxylation is 2. The summed E-state index contributed by atoms with van der Waals surface area (Å²) in [5.74, 6) is 0.605. The first-order valence-electron chi connectivity index (χ1n) is 9.94. The van der Waals surface area contributed by atoms with Crippen molar-refractivity contribution in [1.29, 1.82) is 0 Å². The van der Waals surface area contributed by atoms with E-state index in [0.29, 0.717) is 6.54 Å². The maximum atomic E-state index is 13.1. The Kier molecular flexibility index (Phi) is 5.67. The van der Waals surface area contributed by atoms with Gasteiger partial charge in [-0.3, -0.25) is 14.2 Å². The standard InChI is InChI=1S/C22H25N3O3S/c1-24(12-15-8-6-7-10-17(15)28-2)19(26)13-25-14-23-21-20(22(25)27)16-9-4-3-5-11-18(16)29-21/h6-8,10,14H,3-5,9,11-13H2,1-2H3. The Hall–Kier alpha value is -2.67. The van der Waals surface area contributed by atoms with E-state index >= 15 is 0 Å². The number of fused-ring (bicyclic) bond motifs is 3. The van der Waals surface area contributed by atoms with Crippen molar-refractivity contribution < 1.29 is 9.53 Å². The fourth-order valence-corrected chi connectivity index (χ4v) is 5.13. The number of hydrogen-bond acceptors (Lipinski definition) is 5. The zero-order chi connectivity index (χ0) is 20.4. The Labute approximate surface area is 173 Å². The Morgan fingerprint density at radius 1 is 1.24 bits per heavy atom. The number of para-hydroxylation sites is 1. The number of aromatic nitrogens is 2. The summed E-state index contributed by atoms with van der Waals surface area (Å²) in [5, 5.41) is 0.717. The van der Waals surface area contributed by atoms with Crippen LogP contribution in [0, 0.1) is 0 Å². The third kappa shape index (κ3) is 3.92. The number of ether oxygens (including phenoxy) is 1. The molecule has 0 bridgehead atoms. The van der Waals surface area contributed by atoms with E-state index in [1.807, 2.05) is 24.3 Å². The van der Waals surface area contributed by atoms with Crippen LogP contribution in [0.3, 0.4) is 0 Å². The van der Waals surface area contributed by atoms with Crippen LogP contribution >= 0.6 is 11.3 Å². The van der Waals surface area contributed by atoms with Gasteiger partial charge in [-0.2, -0.15) is 0 Å². The molecule has 4 rings (SSSR count). The summed E-state index contributed by atoms with van der Waals surface area (Å²) in [7, 11) is 3.35. The number of rotatable bonds is 5. The SMILES string of the molecule is COc1ccccc1CN(C)C(=O)Cn1cnc2sc3c(c2c1=O)CCCCC3. The molecular formula is C22H25N3O3S. The summed E-state index contributed by atoms with van der Waals surface area (Å²) >= 11 is 1.63. The molecule has 0 spiro atoms. The third-order valence-electron chi connectivity index (χ3n) is 5.52. The molecule has 152 valence electrons. The van der Waals surface area contributed by atoms with Crippen LogP contribution < -0.4 is 10.3 Å². The highest BCUT2D eigenvalue weighted by Crippen LogP contribution is 2.32. The second-order valence-electron chi connectivity index (χ2n) is 7.48. The van der Waals surface area contributed by atoms with Gasteiger partial charge in [0.15, 0.2) is 0 Å². The predicted octanol–water partition coefficient (Wildman–Crippen LogP) is 3.39. The molecule has 7 heteroatoms. The van der Waals surface area contributed by atoms with E-state index in [4.69, 9.17) is 4.74 Å². The summed E-state index contributed by atoms with van der Waals surface area (Å²) < 4.78 is 6.81. The van der Waals surface area contributed by atoms with Crippen LogP contribution in [0.5, 0.6) is 5.75 Å². The van der Waals surface area contributed by atoms with Crippen LogP contribution in [0.1, 0.15) is 35.3 Å². The fourth-order valence-electron chi connectivity index (χ4n) is 3.91. The normalized spacial score (nSPS) is 13.7. The van der Waals surface area contributed by atoms with E-state index in [9.17, 15) is 9.59 Å². The highest BCUT2D eigenvalue weighted by atomic mass is 32.1. The molecule has 1 amide bonds. The van der Waals surface area contributed by atoms with Crippen molar-refractivity contribution in [3.05, 3.63) is 57.0 Å². The molecule has 0 saturated carbocycles. The van der Waals surface area contributed by atoms with Crippen molar-refractivity contribution in [3.8, 4) is 5.75 Å². The lowest BCUT2D eigenvalue weighted by Crippen LogP contribution is -2.33. The Balaban J connectivity index is 1.57. The van der Waals surface area contributed by atoms with Crippen LogP contribution in [-0.4, -0.2) is 34.5 Å². The van der Waals surface area contributed by atoms with Gasteiger partial charge in [-0.25, -0.2) is 4.98 Å². The van der Waals surface area contributed by atoms with Gasteiger partial charge in [-0.05, 0) is 37.3 Å². The monoisotopic (exact) mass is 411 g/mol. The minimum Gasteiger partial charge on any atom is -0.496 e.